The quantitative estimate of drug-likeness (QED) is 0.776. The molecule has 1 aromatic carbocycles. The molecule has 0 spiro atoms. The molecular formula is C20H26N4O4. The number of carbonyl (C=O) groups excluding carboxylic acids is 1. The average molecular weight is 386 g/mol. The van der Waals surface area contributed by atoms with Gasteiger partial charge in [-0.3, -0.25) is 4.79 Å². The Morgan fingerprint density at radius 2 is 2.07 bits per heavy atom. The smallest absolute Gasteiger partial charge is 0.232 e. The number of carbonyl (C=O) groups is 1. The number of nitrogens with two attached hydrogens (primary N) is 1. The summed E-state index contributed by atoms with van der Waals surface area (Å²) in [4.78, 5) is 18.8. The number of benzene rings is 1. The molecule has 0 radical (unpaired) electrons. The molecule has 1 saturated heterocycles. The van der Waals surface area contributed by atoms with Crippen LogP contribution in [0.3, 0.4) is 0 Å². The third-order valence-corrected chi connectivity index (χ3v) is 5.81. The lowest BCUT2D eigenvalue weighted by atomic mass is 9.77. The summed E-state index contributed by atoms with van der Waals surface area (Å²) >= 11 is 0. The van der Waals surface area contributed by atoms with Crippen LogP contribution in [0, 0.1) is 0 Å². The first-order valence-corrected chi connectivity index (χ1v) is 9.64. The van der Waals surface area contributed by atoms with Crippen molar-refractivity contribution in [2.45, 2.75) is 43.6 Å². The van der Waals surface area contributed by atoms with Crippen molar-refractivity contribution in [3.8, 4) is 11.5 Å². The standard InChI is InChI=1S/C20H26N4O4/c1-26-15-5-4-13(10-16(15)27-2)6-9-24-12-14(11-17(24)25)18-22-19(23-28-18)20(21)7-3-8-20/h4-5,10,14H,3,6-9,11-12,21H2,1-2H3. The molecule has 8 heteroatoms. The van der Waals surface area contributed by atoms with E-state index in [1.165, 1.54) is 0 Å². The molecule has 150 valence electrons. The normalized spacial score (nSPS) is 20.9. The molecule has 1 aliphatic heterocycles. The van der Waals surface area contributed by atoms with Crippen LogP contribution in [0.1, 0.15) is 48.9 Å². The molecule has 28 heavy (non-hydrogen) atoms. The van der Waals surface area contributed by atoms with Gasteiger partial charge >= 0.3 is 0 Å². The van der Waals surface area contributed by atoms with E-state index in [0.29, 0.717) is 42.7 Å². The van der Waals surface area contributed by atoms with Gasteiger partial charge in [0.2, 0.25) is 11.8 Å². The highest BCUT2D eigenvalue weighted by molar-refractivity contribution is 5.79. The number of hydrogen-bond donors (Lipinski definition) is 1. The van der Waals surface area contributed by atoms with Crippen LogP contribution in [0.25, 0.3) is 0 Å². The number of rotatable bonds is 7. The zero-order valence-corrected chi connectivity index (χ0v) is 16.3. The van der Waals surface area contributed by atoms with Gasteiger partial charge in [-0.2, -0.15) is 4.98 Å². The second-order valence-corrected chi connectivity index (χ2v) is 7.65. The summed E-state index contributed by atoms with van der Waals surface area (Å²) in [7, 11) is 3.23. The number of ether oxygens (including phenoxy) is 2. The number of hydrogen-bond acceptors (Lipinski definition) is 7. The van der Waals surface area contributed by atoms with E-state index < -0.39 is 5.54 Å². The van der Waals surface area contributed by atoms with Crippen molar-refractivity contribution in [3.05, 3.63) is 35.5 Å². The molecule has 2 heterocycles. The second kappa shape index (κ2) is 7.43. The van der Waals surface area contributed by atoms with Gasteiger partial charge in [0.25, 0.3) is 0 Å². The summed E-state index contributed by atoms with van der Waals surface area (Å²) in [5.41, 5.74) is 6.91. The minimum atomic E-state index is -0.447. The van der Waals surface area contributed by atoms with Crippen molar-refractivity contribution in [1.82, 2.24) is 15.0 Å². The van der Waals surface area contributed by atoms with E-state index in [1.807, 2.05) is 23.1 Å². The van der Waals surface area contributed by atoms with Crippen LogP contribution in [-0.2, 0) is 16.8 Å². The summed E-state index contributed by atoms with van der Waals surface area (Å²) in [6, 6.07) is 5.81. The molecule has 0 bridgehead atoms. The molecule has 1 amide bonds. The van der Waals surface area contributed by atoms with Gasteiger partial charge in [-0.1, -0.05) is 11.2 Å². The first kappa shape index (κ1) is 18.7. The fraction of sp³-hybridized carbons (Fsp3) is 0.550. The molecule has 2 N–H and O–H groups in total. The van der Waals surface area contributed by atoms with E-state index in [0.717, 1.165) is 31.2 Å². The van der Waals surface area contributed by atoms with E-state index in [-0.39, 0.29) is 11.8 Å². The zero-order chi connectivity index (χ0) is 19.7. The first-order valence-electron chi connectivity index (χ1n) is 9.64. The lowest BCUT2D eigenvalue weighted by molar-refractivity contribution is -0.127. The largest absolute Gasteiger partial charge is 0.493 e. The van der Waals surface area contributed by atoms with Crippen LogP contribution in [-0.4, -0.2) is 48.3 Å². The van der Waals surface area contributed by atoms with Crippen LogP contribution in [0.2, 0.25) is 0 Å². The summed E-state index contributed by atoms with van der Waals surface area (Å²) in [5.74, 6) is 2.52. The number of nitrogens with zero attached hydrogens (tertiary/aromatic N) is 3. The molecule has 1 atom stereocenters. The molecule has 1 aromatic heterocycles. The Balaban J connectivity index is 1.37. The fourth-order valence-corrected chi connectivity index (χ4v) is 3.84. The highest BCUT2D eigenvalue weighted by atomic mass is 16.5. The van der Waals surface area contributed by atoms with E-state index in [4.69, 9.17) is 19.7 Å². The van der Waals surface area contributed by atoms with Gasteiger partial charge in [0.15, 0.2) is 17.3 Å². The van der Waals surface area contributed by atoms with Crippen molar-refractivity contribution >= 4 is 5.91 Å². The number of amides is 1. The van der Waals surface area contributed by atoms with Crippen molar-refractivity contribution < 1.29 is 18.8 Å². The van der Waals surface area contributed by atoms with Crippen molar-refractivity contribution in [1.29, 1.82) is 0 Å². The summed E-state index contributed by atoms with van der Waals surface area (Å²) in [6.45, 7) is 1.22. The Morgan fingerprint density at radius 1 is 1.29 bits per heavy atom. The molecule has 8 nitrogen and oxygen atoms in total. The molecular weight excluding hydrogens is 360 g/mol. The van der Waals surface area contributed by atoms with Gasteiger partial charge < -0.3 is 24.6 Å². The highest BCUT2D eigenvalue weighted by Gasteiger charge is 2.41. The van der Waals surface area contributed by atoms with Gasteiger partial charge in [0, 0.05) is 19.5 Å². The average Bonchev–Trinajstić information content (AvgIpc) is 3.31. The minimum absolute atomic E-state index is 0.0668. The summed E-state index contributed by atoms with van der Waals surface area (Å²) in [6.07, 6.45) is 3.98. The van der Waals surface area contributed by atoms with Crippen LogP contribution >= 0.6 is 0 Å². The maximum Gasteiger partial charge on any atom is 0.232 e. The van der Waals surface area contributed by atoms with Gasteiger partial charge in [-0.05, 0) is 43.4 Å². The van der Waals surface area contributed by atoms with Crippen LogP contribution in [0.4, 0.5) is 0 Å². The van der Waals surface area contributed by atoms with Crippen molar-refractivity contribution in [2.75, 3.05) is 27.3 Å². The van der Waals surface area contributed by atoms with E-state index in [9.17, 15) is 4.79 Å². The van der Waals surface area contributed by atoms with Crippen molar-refractivity contribution in [2.24, 2.45) is 5.73 Å². The van der Waals surface area contributed by atoms with Gasteiger partial charge in [0.05, 0.1) is 25.7 Å². The third kappa shape index (κ3) is 3.44. The number of likely N-dealkylation sites (tertiary alicyclic amines) is 1. The highest BCUT2D eigenvalue weighted by Crippen LogP contribution is 2.38. The number of aromatic nitrogens is 2. The van der Waals surface area contributed by atoms with Gasteiger partial charge in [0.1, 0.15) is 0 Å². The Bertz CT molecular complexity index is 862. The lowest BCUT2D eigenvalue weighted by Gasteiger charge is -2.34. The van der Waals surface area contributed by atoms with Crippen LogP contribution in [0.15, 0.2) is 22.7 Å². The SMILES string of the molecule is COc1ccc(CCN2CC(c3nc(C4(N)CCC4)no3)CC2=O)cc1OC. The van der Waals surface area contributed by atoms with Crippen LogP contribution < -0.4 is 15.2 Å². The minimum Gasteiger partial charge on any atom is -0.493 e. The number of methoxy groups -OCH3 is 2. The Hall–Kier alpha value is -2.61. The predicted octanol–water partition coefficient (Wildman–Crippen LogP) is 1.98. The molecule has 1 unspecified atom stereocenters. The Labute approximate surface area is 164 Å². The molecule has 2 aliphatic rings. The lowest BCUT2D eigenvalue weighted by Crippen LogP contribution is -2.44. The molecule has 2 fully saturated rings. The third-order valence-electron chi connectivity index (χ3n) is 5.81. The molecule has 1 aliphatic carbocycles. The maximum absolute atomic E-state index is 12.4. The molecule has 4 rings (SSSR count). The van der Waals surface area contributed by atoms with E-state index in [2.05, 4.69) is 10.1 Å². The van der Waals surface area contributed by atoms with Gasteiger partial charge in [-0.15, -0.1) is 0 Å². The maximum atomic E-state index is 12.4. The summed E-state index contributed by atoms with van der Waals surface area (Å²) < 4.78 is 16.0. The topological polar surface area (TPSA) is 104 Å². The van der Waals surface area contributed by atoms with Crippen molar-refractivity contribution in [3.63, 3.8) is 0 Å². The zero-order valence-electron chi connectivity index (χ0n) is 16.3. The van der Waals surface area contributed by atoms with E-state index in [1.54, 1.807) is 14.2 Å². The van der Waals surface area contributed by atoms with E-state index >= 15 is 0 Å². The molecule has 1 saturated carbocycles. The fourth-order valence-electron chi connectivity index (χ4n) is 3.84. The van der Waals surface area contributed by atoms with Gasteiger partial charge in [-0.25, -0.2) is 0 Å². The predicted molar refractivity (Wildman–Crippen MR) is 101 cm³/mol. The monoisotopic (exact) mass is 386 g/mol. The first-order chi connectivity index (χ1) is 13.5. The Kier molecular flexibility index (Phi) is 4.97. The second-order valence-electron chi connectivity index (χ2n) is 7.65. The van der Waals surface area contributed by atoms with Crippen LogP contribution in [0.5, 0.6) is 11.5 Å². The molecule has 2 aromatic rings. The Morgan fingerprint density at radius 3 is 2.75 bits per heavy atom. The summed E-state index contributed by atoms with van der Waals surface area (Å²) in [5, 5.41) is 4.07.